The normalized spacial score (nSPS) is 23.0. The number of piperidine rings is 1. The lowest BCUT2D eigenvalue weighted by atomic mass is 9.56. The van der Waals surface area contributed by atoms with Gasteiger partial charge in [0.05, 0.1) is 0 Å². The average Bonchev–Trinajstić information content (AvgIpc) is 2.24. The summed E-state index contributed by atoms with van der Waals surface area (Å²) < 4.78 is 5.46. The molecule has 1 amide bonds. The first-order valence-electron chi connectivity index (χ1n) is 8.17. The first kappa shape index (κ1) is 15.7. The van der Waals surface area contributed by atoms with Gasteiger partial charge in [-0.1, -0.05) is 13.8 Å². The molecule has 1 saturated heterocycles. The Bertz CT molecular complexity index is 340. The number of likely N-dealkylation sites (tertiary alicyclic amines) is 1. The first-order chi connectivity index (χ1) is 9.19. The van der Waals surface area contributed by atoms with Crippen LogP contribution in [0.1, 0.15) is 66.7 Å². The molecule has 2 aliphatic rings. The van der Waals surface area contributed by atoms with Gasteiger partial charge in [0.1, 0.15) is 5.60 Å². The molecule has 0 aromatic carbocycles. The molecule has 2 rings (SSSR count). The lowest BCUT2D eigenvalue weighted by Gasteiger charge is -2.52. The van der Waals surface area contributed by atoms with Crippen LogP contribution in [0.3, 0.4) is 0 Å². The number of amides is 1. The topological polar surface area (TPSA) is 29.5 Å². The zero-order chi connectivity index (χ0) is 15.0. The molecule has 0 atom stereocenters. The Kier molecular flexibility index (Phi) is 4.36. The van der Waals surface area contributed by atoms with Crippen molar-refractivity contribution in [2.45, 2.75) is 72.3 Å². The van der Waals surface area contributed by atoms with Crippen molar-refractivity contribution in [3.63, 3.8) is 0 Å². The molecule has 0 radical (unpaired) electrons. The molecule has 0 aromatic heterocycles. The van der Waals surface area contributed by atoms with Crippen LogP contribution in [0.4, 0.5) is 4.79 Å². The van der Waals surface area contributed by atoms with Crippen LogP contribution >= 0.6 is 0 Å². The number of carbonyl (C=O) groups is 1. The number of hydrogen-bond donors (Lipinski definition) is 0. The van der Waals surface area contributed by atoms with E-state index >= 15 is 0 Å². The van der Waals surface area contributed by atoms with Crippen LogP contribution < -0.4 is 0 Å². The van der Waals surface area contributed by atoms with Crippen LogP contribution in [-0.4, -0.2) is 29.7 Å². The number of hydrogen-bond acceptors (Lipinski definition) is 2. The summed E-state index contributed by atoms with van der Waals surface area (Å²) in [6.07, 6.45) is 6.34. The van der Waals surface area contributed by atoms with Gasteiger partial charge in [-0.25, -0.2) is 4.79 Å². The van der Waals surface area contributed by atoms with E-state index in [1.54, 1.807) is 0 Å². The molecule has 1 saturated carbocycles. The van der Waals surface area contributed by atoms with Crippen molar-refractivity contribution < 1.29 is 9.53 Å². The van der Waals surface area contributed by atoms with Gasteiger partial charge in [0.15, 0.2) is 0 Å². The maximum absolute atomic E-state index is 12.0. The smallest absolute Gasteiger partial charge is 0.410 e. The van der Waals surface area contributed by atoms with Gasteiger partial charge in [-0.05, 0) is 70.1 Å². The molecular weight excluding hydrogens is 250 g/mol. The Morgan fingerprint density at radius 1 is 1.25 bits per heavy atom. The van der Waals surface area contributed by atoms with Gasteiger partial charge in [-0.2, -0.15) is 0 Å². The molecule has 0 bridgehead atoms. The van der Waals surface area contributed by atoms with E-state index in [1.165, 1.54) is 32.1 Å². The number of carbonyl (C=O) groups excluding carboxylic acids is 1. The van der Waals surface area contributed by atoms with Crippen LogP contribution in [0, 0.1) is 17.3 Å². The van der Waals surface area contributed by atoms with Crippen LogP contribution in [-0.2, 0) is 4.74 Å². The van der Waals surface area contributed by atoms with Gasteiger partial charge < -0.3 is 9.64 Å². The van der Waals surface area contributed by atoms with Crippen LogP contribution in [0.2, 0.25) is 0 Å². The van der Waals surface area contributed by atoms with Crippen molar-refractivity contribution >= 4 is 6.09 Å². The van der Waals surface area contributed by atoms with Gasteiger partial charge in [0.25, 0.3) is 0 Å². The summed E-state index contributed by atoms with van der Waals surface area (Å²) in [7, 11) is 0. The molecule has 3 nitrogen and oxygen atoms in total. The molecule has 0 N–H and O–H groups in total. The summed E-state index contributed by atoms with van der Waals surface area (Å²) in [6, 6.07) is 0. The van der Waals surface area contributed by atoms with Crippen molar-refractivity contribution in [1.82, 2.24) is 4.90 Å². The van der Waals surface area contributed by atoms with E-state index < -0.39 is 0 Å². The monoisotopic (exact) mass is 281 g/mol. The zero-order valence-corrected chi connectivity index (χ0v) is 13.9. The third kappa shape index (κ3) is 3.89. The molecule has 0 unspecified atom stereocenters. The summed E-state index contributed by atoms with van der Waals surface area (Å²) >= 11 is 0. The Labute approximate surface area is 124 Å². The molecule has 3 heteroatoms. The zero-order valence-electron chi connectivity index (χ0n) is 13.9. The Morgan fingerprint density at radius 2 is 1.80 bits per heavy atom. The predicted octanol–water partition coefficient (Wildman–Crippen LogP) is 4.46. The molecular formula is C17H31NO2. The quantitative estimate of drug-likeness (QED) is 0.748. The second kappa shape index (κ2) is 5.57. The Balaban J connectivity index is 1.75. The summed E-state index contributed by atoms with van der Waals surface area (Å²) in [5.41, 5.74) is 0.170. The Hall–Kier alpha value is -0.730. The maximum atomic E-state index is 12.0. The number of rotatable bonds is 2. The van der Waals surface area contributed by atoms with Crippen LogP contribution in [0.5, 0.6) is 0 Å². The van der Waals surface area contributed by atoms with Gasteiger partial charge in [0.2, 0.25) is 0 Å². The minimum Gasteiger partial charge on any atom is -0.444 e. The fraction of sp³-hybridized carbons (Fsp3) is 0.941. The van der Waals surface area contributed by atoms with E-state index in [2.05, 4.69) is 13.8 Å². The third-order valence-corrected chi connectivity index (χ3v) is 4.72. The van der Waals surface area contributed by atoms with Crippen molar-refractivity contribution in [2.75, 3.05) is 13.1 Å². The van der Waals surface area contributed by atoms with E-state index in [1.807, 2.05) is 25.7 Å². The highest BCUT2D eigenvalue weighted by atomic mass is 16.6. The Morgan fingerprint density at radius 3 is 2.25 bits per heavy atom. The summed E-state index contributed by atoms with van der Waals surface area (Å²) in [5.74, 6) is 1.75. The average molecular weight is 281 g/mol. The summed E-state index contributed by atoms with van der Waals surface area (Å²) in [4.78, 5) is 13.9. The van der Waals surface area contributed by atoms with E-state index in [0.717, 1.165) is 24.9 Å². The molecule has 1 spiro atoms. The highest BCUT2D eigenvalue weighted by Crippen LogP contribution is 2.54. The largest absolute Gasteiger partial charge is 0.444 e. The maximum Gasteiger partial charge on any atom is 0.410 e. The lowest BCUT2D eigenvalue weighted by molar-refractivity contribution is -0.0317. The predicted molar refractivity (Wildman–Crippen MR) is 81.7 cm³/mol. The molecule has 2 fully saturated rings. The summed E-state index contributed by atoms with van der Waals surface area (Å²) in [5, 5.41) is 0. The lowest BCUT2D eigenvalue weighted by Crippen LogP contribution is -2.49. The molecule has 0 aromatic rings. The molecule has 1 aliphatic heterocycles. The standard InChI is InChI=1S/C17H31NO2/c1-13(2)10-14-11-17(12-14)6-8-18(9-7-17)15(19)20-16(3,4)5/h13-14H,6-12H2,1-5H3. The molecule has 1 heterocycles. The molecule has 20 heavy (non-hydrogen) atoms. The minimum atomic E-state index is -0.384. The van der Waals surface area contributed by atoms with E-state index in [9.17, 15) is 4.79 Å². The second-order valence-electron chi connectivity index (χ2n) is 8.37. The van der Waals surface area contributed by atoms with Crippen molar-refractivity contribution in [3.8, 4) is 0 Å². The molecule has 116 valence electrons. The van der Waals surface area contributed by atoms with Gasteiger partial charge in [0, 0.05) is 13.1 Å². The van der Waals surface area contributed by atoms with Gasteiger partial charge in [-0.15, -0.1) is 0 Å². The van der Waals surface area contributed by atoms with Gasteiger partial charge >= 0.3 is 6.09 Å². The SMILES string of the molecule is CC(C)CC1CC2(CCN(C(=O)OC(C)(C)C)CC2)C1. The minimum absolute atomic E-state index is 0.134. The summed E-state index contributed by atoms with van der Waals surface area (Å²) in [6.45, 7) is 12.2. The third-order valence-electron chi connectivity index (χ3n) is 4.72. The van der Waals surface area contributed by atoms with Crippen molar-refractivity contribution in [1.29, 1.82) is 0 Å². The van der Waals surface area contributed by atoms with Crippen molar-refractivity contribution in [3.05, 3.63) is 0 Å². The second-order valence-corrected chi connectivity index (χ2v) is 8.37. The van der Waals surface area contributed by atoms with Crippen LogP contribution in [0.25, 0.3) is 0 Å². The number of ether oxygens (including phenoxy) is 1. The van der Waals surface area contributed by atoms with Crippen LogP contribution in [0.15, 0.2) is 0 Å². The van der Waals surface area contributed by atoms with Crippen molar-refractivity contribution in [2.24, 2.45) is 17.3 Å². The first-order valence-corrected chi connectivity index (χ1v) is 8.17. The fourth-order valence-corrected chi connectivity index (χ4v) is 3.90. The van der Waals surface area contributed by atoms with E-state index in [-0.39, 0.29) is 11.7 Å². The van der Waals surface area contributed by atoms with E-state index in [4.69, 9.17) is 4.74 Å². The number of nitrogens with zero attached hydrogens (tertiary/aromatic N) is 1. The highest BCUT2D eigenvalue weighted by Gasteiger charge is 2.46. The van der Waals surface area contributed by atoms with E-state index in [0.29, 0.717) is 5.41 Å². The van der Waals surface area contributed by atoms with Gasteiger partial charge in [-0.3, -0.25) is 0 Å². The highest BCUT2D eigenvalue weighted by molar-refractivity contribution is 5.68. The fourth-order valence-electron chi connectivity index (χ4n) is 3.90. The molecule has 1 aliphatic carbocycles.